The molecule has 0 aromatic heterocycles. The van der Waals surface area contributed by atoms with Gasteiger partial charge in [-0.1, -0.05) is 0 Å². The van der Waals surface area contributed by atoms with Gasteiger partial charge in [-0.15, -0.1) is 0 Å². The molecule has 1 aromatic rings. The SMILES string of the molecule is CNCCS(=O)(=O)Nc1cc(F)c(Br)cc1C. The highest BCUT2D eigenvalue weighted by atomic mass is 79.9. The zero-order valence-corrected chi connectivity index (χ0v) is 12.0. The molecule has 0 saturated carbocycles. The molecule has 0 unspecified atom stereocenters. The molecule has 1 aromatic carbocycles. The van der Waals surface area contributed by atoms with Gasteiger partial charge in [-0.05, 0) is 47.6 Å². The van der Waals surface area contributed by atoms with E-state index in [-0.39, 0.29) is 11.4 Å². The predicted molar refractivity (Wildman–Crippen MR) is 70.2 cm³/mol. The Morgan fingerprint density at radius 1 is 1.41 bits per heavy atom. The summed E-state index contributed by atoms with van der Waals surface area (Å²) in [5.74, 6) is -0.553. The number of halogens is 2. The topological polar surface area (TPSA) is 58.2 Å². The lowest BCUT2D eigenvalue weighted by atomic mass is 10.2. The van der Waals surface area contributed by atoms with Gasteiger partial charge in [-0.3, -0.25) is 4.72 Å². The maximum atomic E-state index is 13.3. The molecule has 0 aliphatic carbocycles. The van der Waals surface area contributed by atoms with Crippen molar-refractivity contribution in [3.05, 3.63) is 28.0 Å². The number of anilines is 1. The van der Waals surface area contributed by atoms with E-state index >= 15 is 0 Å². The zero-order valence-electron chi connectivity index (χ0n) is 9.55. The van der Waals surface area contributed by atoms with Gasteiger partial charge in [-0.25, -0.2) is 12.8 Å². The monoisotopic (exact) mass is 324 g/mol. The lowest BCUT2D eigenvalue weighted by Crippen LogP contribution is -2.24. The van der Waals surface area contributed by atoms with Crippen LogP contribution in [0, 0.1) is 12.7 Å². The molecule has 4 nitrogen and oxygen atoms in total. The smallest absolute Gasteiger partial charge is 0.233 e. The fourth-order valence-corrected chi connectivity index (χ4v) is 2.80. The van der Waals surface area contributed by atoms with Gasteiger partial charge in [0.15, 0.2) is 0 Å². The molecular weight excluding hydrogens is 311 g/mol. The molecule has 0 atom stereocenters. The van der Waals surface area contributed by atoms with Gasteiger partial charge in [0.25, 0.3) is 0 Å². The van der Waals surface area contributed by atoms with E-state index in [4.69, 9.17) is 0 Å². The van der Waals surface area contributed by atoms with Crippen LogP contribution >= 0.6 is 15.9 Å². The lowest BCUT2D eigenvalue weighted by molar-refractivity contribution is 0.598. The van der Waals surface area contributed by atoms with E-state index in [9.17, 15) is 12.8 Å². The lowest BCUT2D eigenvalue weighted by Gasteiger charge is -2.11. The third kappa shape index (κ3) is 4.25. The maximum absolute atomic E-state index is 13.3. The fourth-order valence-electron chi connectivity index (χ4n) is 1.21. The van der Waals surface area contributed by atoms with Crippen molar-refractivity contribution in [1.82, 2.24) is 5.32 Å². The Bertz CT molecular complexity index is 505. The van der Waals surface area contributed by atoms with Crippen molar-refractivity contribution in [2.45, 2.75) is 6.92 Å². The Morgan fingerprint density at radius 3 is 2.65 bits per heavy atom. The minimum Gasteiger partial charge on any atom is -0.319 e. The van der Waals surface area contributed by atoms with Gasteiger partial charge in [0, 0.05) is 6.54 Å². The summed E-state index contributed by atoms with van der Waals surface area (Å²) in [5, 5.41) is 2.74. The van der Waals surface area contributed by atoms with Crippen molar-refractivity contribution in [3.63, 3.8) is 0 Å². The molecule has 1 rings (SSSR count). The Morgan fingerprint density at radius 2 is 2.06 bits per heavy atom. The van der Waals surface area contributed by atoms with E-state index < -0.39 is 15.8 Å². The van der Waals surface area contributed by atoms with Crippen molar-refractivity contribution < 1.29 is 12.8 Å². The van der Waals surface area contributed by atoms with E-state index in [2.05, 4.69) is 26.0 Å². The average Bonchev–Trinajstić information content (AvgIpc) is 2.23. The number of benzene rings is 1. The molecule has 0 fully saturated rings. The molecule has 0 bridgehead atoms. The second-order valence-electron chi connectivity index (χ2n) is 3.61. The van der Waals surface area contributed by atoms with Crippen LogP contribution in [-0.2, 0) is 10.0 Å². The molecule has 0 amide bonds. The van der Waals surface area contributed by atoms with Crippen LogP contribution in [0.5, 0.6) is 0 Å². The Balaban J connectivity index is 2.92. The summed E-state index contributed by atoms with van der Waals surface area (Å²) >= 11 is 3.04. The van der Waals surface area contributed by atoms with Crippen LogP contribution in [0.1, 0.15) is 5.56 Å². The summed E-state index contributed by atoms with van der Waals surface area (Å²) in [4.78, 5) is 0. The standard InChI is InChI=1S/C10H14BrFN2O2S/c1-7-5-8(11)9(12)6-10(7)14-17(15,16)4-3-13-2/h5-6,13-14H,3-4H2,1-2H3. The Labute approximate surface area is 109 Å². The molecule has 0 radical (unpaired) electrons. The molecule has 96 valence electrons. The number of sulfonamides is 1. The molecule has 0 heterocycles. The second kappa shape index (κ2) is 5.79. The van der Waals surface area contributed by atoms with Crippen LogP contribution in [0.3, 0.4) is 0 Å². The Hall–Kier alpha value is -0.660. The maximum Gasteiger partial charge on any atom is 0.233 e. The first kappa shape index (κ1) is 14.4. The van der Waals surface area contributed by atoms with Crippen LogP contribution in [-0.4, -0.2) is 27.8 Å². The van der Waals surface area contributed by atoms with Crippen LogP contribution < -0.4 is 10.0 Å². The quantitative estimate of drug-likeness (QED) is 0.869. The minimum atomic E-state index is -3.44. The highest BCUT2D eigenvalue weighted by Gasteiger charge is 2.13. The van der Waals surface area contributed by atoms with E-state index in [1.807, 2.05) is 0 Å². The Kier molecular flexibility index (Phi) is 4.91. The molecule has 7 heteroatoms. The van der Waals surface area contributed by atoms with Gasteiger partial charge >= 0.3 is 0 Å². The van der Waals surface area contributed by atoms with E-state index in [0.717, 1.165) is 6.07 Å². The first-order valence-corrected chi connectivity index (χ1v) is 7.41. The number of nitrogens with one attached hydrogen (secondary N) is 2. The van der Waals surface area contributed by atoms with Crippen molar-refractivity contribution in [2.24, 2.45) is 0 Å². The van der Waals surface area contributed by atoms with E-state index in [1.165, 1.54) is 6.07 Å². The van der Waals surface area contributed by atoms with Crippen molar-refractivity contribution in [3.8, 4) is 0 Å². The first-order valence-electron chi connectivity index (χ1n) is 4.96. The van der Waals surface area contributed by atoms with Crippen LogP contribution in [0.25, 0.3) is 0 Å². The molecular formula is C10H14BrFN2O2S. The second-order valence-corrected chi connectivity index (χ2v) is 6.30. The molecule has 17 heavy (non-hydrogen) atoms. The fraction of sp³-hybridized carbons (Fsp3) is 0.400. The number of rotatable bonds is 5. The van der Waals surface area contributed by atoms with E-state index in [1.54, 1.807) is 14.0 Å². The molecule has 2 N–H and O–H groups in total. The number of aryl methyl sites for hydroxylation is 1. The van der Waals surface area contributed by atoms with Crippen LogP contribution in [0.15, 0.2) is 16.6 Å². The molecule has 0 spiro atoms. The third-order valence-corrected chi connectivity index (χ3v) is 4.03. The van der Waals surface area contributed by atoms with Crippen LogP contribution in [0.2, 0.25) is 0 Å². The number of hydrogen-bond donors (Lipinski definition) is 2. The summed E-state index contributed by atoms with van der Waals surface area (Å²) in [6, 6.07) is 2.70. The van der Waals surface area contributed by atoms with Crippen LogP contribution in [0.4, 0.5) is 10.1 Å². The molecule has 0 saturated heterocycles. The highest BCUT2D eigenvalue weighted by Crippen LogP contribution is 2.24. The van der Waals surface area contributed by atoms with Crippen molar-refractivity contribution >= 4 is 31.6 Å². The van der Waals surface area contributed by atoms with Crippen molar-refractivity contribution in [1.29, 1.82) is 0 Å². The highest BCUT2D eigenvalue weighted by molar-refractivity contribution is 9.10. The predicted octanol–water partition coefficient (Wildman–Crippen LogP) is 1.86. The van der Waals surface area contributed by atoms with E-state index in [0.29, 0.717) is 16.6 Å². The van der Waals surface area contributed by atoms with Gasteiger partial charge in [0.1, 0.15) is 5.82 Å². The third-order valence-electron chi connectivity index (χ3n) is 2.15. The minimum absolute atomic E-state index is 0.0549. The summed E-state index contributed by atoms with van der Waals surface area (Å²) in [6.45, 7) is 2.05. The normalized spacial score (nSPS) is 11.5. The van der Waals surface area contributed by atoms with Gasteiger partial charge in [-0.2, -0.15) is 0 Å². The summed E-state index contributed by atoms with van der Waals surface area (Å²) in [5.41, 5.74) is 0.924. The largest absolute Gasteiger partial charge is 0.319 e. The summed E-state index contributed by atoms with van der Waals surface area (Å²) < 4.78 is 39.2. The first-order chi connectivity index (χ1) is 7.85. The van der Waals surface area contributed by atoms with Gasteiger partial charge < -0.3 is 5.32 Å². The number of hydrogen-bond acceptors (Lipinski definition) is 3. The summed E-state index contributed by atoms with van der Waals surface area (Å²) in [7, 11) is -1.78. The zero-order chi connectivity index (χ0) is 13.1. The van der Waals surface area contributed by atoms with Crippen molar-refractivity contribution in [2.75, 3.05) is 24.1 Å². The van der Waals surface area contributed by atoms with Gasteiger partial charge in [0.05, 0.1) is 15.9 Å². The average molecular weight is 325 g/mol. The molecule has 0 aliphatic rings. The summed E-state index contributed by atoms with van der Waals surface area (Å²) in [6.07, 6.45) is 0. The molecule has 0 aliphatic heterocycles. The van der Waals surface area contributed by atoms with Gasteiger partial charge in [0.2, 0.25) is 10.0 Å².